The molecule has 3 fully saturated rings. The number of hydrogen-bond donors (Lipinski definition) is 0. The molecular weight excluding hydrogens is 552 g/mol. The molecule has 0 unspecified atom stereocenters. The van der Waals surface area contributed by atoms with Crippen LogP contribution >= 0.6 is 0 Å². The molecule has 3 heterocycles. The van der Waals surface area contributed by atoms with Crippen molar-refractivity contribution in [3.05, 3.63) is 86.2 Å². The molecule has 3 aliphatic heterocycles. The van der Waals surface area contributed by atoms with Crippen molar-refractivity contribution in [3.8, 4) is 0 Å². The topological polar surface area (TPSA) is 83.1 Å². The summed E-state index contributed by atoms with van der Waals surface area (Å²) in [5.74, 6) is -0.602. The highest BCUT2D eigenvalue weighted by Crippen LogP contribution is 2.41. The zero-order chi connectivity index (χ0) is 29.9. The van der Waals surface area contributed by atoms with Crippen LogP contribution in [0.15, 0.2) is 80.6 Å². The van der Waals surface area contributed by atoms with Crippen LogP contribution in [-0.2, 0) is 49.2 Å². The van der Waals surface area contributed by atoms with Crippen molar-refractivity contribution in [2.24, 2.45) is 0 Å². The van der Waals surface area contributed by atoms with Crippen molar-refractivity contribution >= 4 is 0 Å². The zero-order valence-corrected chi connectivity index (χ0v) is 25.0. The van der Waals surface area contributed by atoms with E-state index >= 15 is 0 Å². The van der Waals surface area contributed by atoms with E-state index < -0.39 is 42.6 Å². The van der Waals surface area contributed by atoms with Crippen LogP contribution < -0.4 is 0 Å². The third-order valence-electron chi connectivity index (χ3n) is 8.18. The van der Waals surface area contributed by atoms with Gasteiger partial charge in [0, 0.05) is 12.8 Å². The van der Waals surface area contributed by atoms with E-state index in [1.165, 1.54) is 6.42 Å². The maximum absolute atomic E-state index is 6.74. The summed E-state index contributed by atoms with van der Waals surface area (Å²) in [6, 6.07) is 10.00. The predicted octanol–water partition coefficient (Wildman–Crippen LogP) is 5.02. The summed E-state index contributed by atoms with van der Waals surface area (Å²) < 4.78 is 57.1. The van der Waals surface area contributed by atoms with Crippen LogP contribution in [0.4, 0.5) is 0 Å². The second-order valence-electron chi connectivity index (χ2n) is 11.3. The molecule has 0 N–H and O–H groups in total. The minimum Gasteiger partial charge on any atom is -0.493 e. The van der Waals surface area contributed by atoms with E-state index in [1.807, 2.05) is 36.4 Å². The SMILES string of the molecule is C=CCO[C@@H]1[C@@H](OCC=C)[C@H](O[C@@H]2C=CO[C@@H]3COC4(CCCCC4)O[C@@H]23)O[C@H](COCc2ccccc2)[C@H]1OCC=C. The zero-order valence-electron chi connectivity index (χ0n) is 25.0. The van der Waals surface area contributed by atoms with E-state index in [0.717, 1.165) is 31.2 Å². The van der Waals surface area contributed by atoms with E-state index in [4.69, 9.17) is 42.6 Å². The molecule has 1 aliphatic carbocycles. The van der Waals surface area contributed by atoms with Crippen LogP contribution in [0.1, 0.15) is 37.7 Å². The number of benzene rings is 1. The van der Waals surface area contributed by atoms with Gasteiger partial charge in [-0.25, -0.2) is 0 Å². The van der Waals surface area contributed by atoms with E-state index in [0.29, 0.717) is 26.4 Å². The van der Waals surface area contributed by atoms with Crippen molar-refractivity contribution in [1.82, 2.24) is 0 Å². The average Bonchev–Trinajstić information content (AvgIpc) is 3.04. The van der Waals surface area contributed by atoms with Gasteiger partial charge in [-0.3, -0.25) is 0 Å². The lowest BCUT2D eigenvalue weighted by Gasteiger charge is -2.50. The first-order valence-electron chi connectivity index (χ1n) is 15.4. The second-order valence-corrected chi connectivity index (χ2v) is 11.3. The van der Waals surface area contributed by atoms with Gasteiger partial charge in [0.15, 0.2) is 18.2 Å². The molecule has 1 aromatic rings. The van der Waals surface area contributed by atoms with Gasteiger partial charge in [0.05, 0.1) is 45.9 Å². The van der Waals surface area contributed by atoms with Crippen LogP contribution in [0.5, 0.6) is 0 Å². The second kappa shape index (κ2) is 16.1. The highest BCUT2D eigenvalue weighted by molar-refractivity contribution is 5.13. The molecule has 236 valence electrons. The summed E-state index contributed by atoms with van der Waals surface area (Å²) >= 11 is 0. The minimum absolute atomic E-state index is 0.252. The van der Waals surface area contributed by atoms with E-state index in [1.54, 1.807) is 24.5 Å². The highest BCUT2D eigenvalue weighted by Gasteiger charge is 2.52. The maximum atomic E-state index is 6.74. The molecule has 9 heteroatoms. The fourth-order valence-electron chi connectivity index (χ4n) is 6.14. The fourth-order valence-corrected chi connectivity index (χ4v) is 6.14. The van der Waals surface area contributed by atoms with Crippen LogP contribution in [0.3, 0.4) is 0 Å². The van der Waals surface area contributed by atoms with Crippen LogP contribution in [0, 0.1) is 0 Å². The van der Waals surface area contributed by atoms with Crippen molar-refractivity contribution in [1.29, 1.82) is 0 Å². The molecule has 9 nitrogen and oxygen atoms in total. The molecule has 2 saturated heterocycles. The van der Waals surface area contributed by atoms with Gasteiger partial charge in [0.25, 0.3) is 0 Å². The Balaban J connectivity index is 1.37. The van der Waals surface area contributed by atoms with E-state index in [9.17, 15) is 0 Å². The summed E-state index contributed by atoms with van der Waals surface area (Å²) in [5, 5.41) is 0. The molecule has 0 radical (unpaired) electrons. The quantitative estimate of drug-likeness (QED) is 0.259. The van der Waals surface area contributed by atoms with Gasteiger partial charge < -0.3 is 42.6 Å². The molecule has 0 amide bonds. The first kappa shape index (κ1) is 32.1. The molecule has 1 saturated carbocycles. The molecule has 8 atom stereocenters. The summed E-state index contributed by atoms with van der Waals surface area (Å²) in [6.07, 6.45) is 9.48. The smallest absolute Gasteiger partial charge is 0.187 e. The average molecular weight is 599 g/mol. The van der Waals surface area contributed by atoms with Gasteiger partial charge in [-0.1, -0.05) is 55.0 Å². The summed E-state index contributed by atoms with van der Waals surface area (Å²) in [7, 11) is 0. The lowest BCUT2D eigenvalue weighted by Crippen LogP contribution is -2.64. The number of hydrogen-bond acceptors (Lipinski definition) is 9. The van der Waals surface area contributed by atoms with Crippen LogP contribution in [0.2, 0.25) is 0 Å². The fraction of sp³-hybridized carbons (Fsp3) is 0.588. The number of fused-ring (bicyclic) bond motifs is 1. The Kier molecular flexibility index (Phi) is 12.0. The molecule has 0 aromatic heterocycles. The minimum atomic E-state index is -0.828. The van der Waals surface area contributed by atoms with Gasteiger partial charge >= 0.3 is 0 Å². The first-order chi connectivity index (χ1) is 21.2. The van der Waals surface area contributed by atoms with Crippen molar-refractivity contribution in [3.63, 3.8) is 0 Å². The Bertz CT molecular complexity index is 1040. The molecule has 1 aromatic carbocycles. The Morgan fingerprint density at radius 2 is 1.56 bits per heavy atom. The normalized spacial score (nSPS) is 33.3. The number of ether oxygens (including phenoxy) is 9. The molecule has 43 heavy (non-hydrogen) atoms. The van der Waals surface area contributed by atoms with Crippen molar-refractivity contribution in [2.45, 2.75) is 93.5 Å². The van der Waals surface area contributed by atoms with Gasteiger partial charge in [-0.05, 0) is 24.5 Å². The lowest BCUT2D eigenvalue weighted by atomic mass is 9.91. The van der Waals surface area contributed by atoms with Gasteiger partial charge in [0.1, 0.15) is 36.6 Å². The summed E-state index contributed by atoms with van der Waals surface area (Å²) in [6.45, 7) is 13.5. The van der Waals surface area contributed by atoms with Crippen LogP contribution in [-0.4, -0.2) is 87.8 Å². The molecule has 4 aliphatic rings. The Morgan fingerprint density at radius 3 is 2.28 bits per heavy atom. The monoisotopic (exact) mass is 598 g/mol. The van der Waals surface area contributed by atoms with Gasteiger partial charge in [-0.2, -0.15) is 0 Å². The number of rotatable bonds is 15. The van der Waals surface area contributed by atoms with E-state index in [-0.39, 0.29) is 25.4 Å². The Hall–Kier alpha value is -2.34. The van der Waals surface area contributed by atoms with Gasteiger partial charge in [-0.15, -0.1) is 19.7 Å². The molecule has 0 bridgehead atoms. The third kappa shape index (κ3) is 8.23. The van der Waals surface area contributed by atoms with E-state index in [2.05, 4.69) is 19.7 Å². The predicted molar refractivity (Wildman–Crippen MR) is 160 cm³/mol. The lowest BCUT2D eigenvalue weighted by molar-refractivity contribution is -0.369. The largest absolute Gasteiger partial charge is 0.493 e. The van der Waals surface area contributed by atoms with Crippen molar-refractivity contribution < 1.29 is 42.6 Å². The maximum Gasteiger partial charge on any atom is 0.187 e. The van der Waals surface area contributed by atoms with Crippen LogP contribution in [0.25, 0.3) is 0 Å². The Labute approximate surface area is 255 Å². The van der Waals surface area contributed by atoms with Gasteiger partial charge in [0.2, 0.25) is 0 Å². The molecule has 1 spiro atoms. The summed E-state index contributed by atoms with van der Waals surface area (Å²) in [5.41, 5.74) is 1.06. The molecule has 5 rings (SSSR count). The Morgan fingerprint density at radius 1 is 0.860 bits per heavy atom. The molecular formula is C34H46O9. The highest BCUT2D eigenvalue weighted by atomic mass is 16.8. The first-order valence-corrected chi connectivity index (χ1v) is 15.4. The standard InChI is InChI=1S/C34H46O9/c1-4-18-37-30-28(23-35-22-25-13-9-7-10-14-25)42-33(32(39-20-6-3)31(30)38-19-5-2)41-26-15-21-36-27-24-40-34(43-29(26)27)16-11-8-12-17-34/h4-7,9-10,13-15,21,26-33H,1-3,8,11-12,16-20,22-24H2/t26-,27-,28-,29+,30-,31+,32-,33-/m1/s1. The summed E-state index contributed by atoms with van der Waals surface area (Å²) in [4.78, 5) is 0. The third-order valence-corrected chi connectivity index (χ3v) is 8.18. The van der Waals surface area contributed by atoms with Crippen molar-refractivity contribution in [2.75, 3.05) is 33.0 Å².